The van der Waals surface area contributed by atoms with E-state index >= 15 is 0 Å². The van der Waals surface area contributed by atoms with Crippen molar-refractivity contribution in [2.24, 2.45) is 0 Å². The largest absolute Gasteiger partial charge is 0.493 e. The summed E-state index contributed by atoms with van der Waals surface area (Å²) in [6, 6.07) is 27.0. The summed E-state index contributed by atoms with van der Waals surface area (Å²) in [7, 11) is 0. The molecule has 1 aliphatic carbocycles. The summed E-state index contributed by atoms with van der Waals surface area (Å²) < 4.78 is 12.5. The average Bonchev–Trinajstić information content (AvgIpc) is 3.41. The highest BCUT2D eigenvalue weighted by Gasteiger charge is 2.43. The molecule has 2 aliphatic heterocycles. The maximum absolute atomic E-state index is 13.5. The van der Waals surface area contributed by atoms with Gasteiger partial charge < -0.3 is 9.47 Å². The summed E-state index contributed by atoms with van der Waals surface area (Å²) in [6.45, 7) is 9.28. The normalized spacial score (nSPS) is 22.2. The fourth-order valence-electron chi connectivity index (χ4n) is 6.51. The Morgan fingerprint density at radius 3 is 2.35 bits per heavy atom. The zero-order chi connectivity index (χ0) is 27.9. The van der Waals surface area contributed by atoms with Crippen molar-refractivity contribution >= 4 is 5.97 Å². The number of hydrogen-bond donors (Lipinski definition) is 0. The second-order valence-electron chi connectivity index (χ2n) is 11.1. The highest BCUT2D eigenvalue weighted by molar-refractivity contribution is 5.78. The van der Waals surface area contributed by atoms with Crippen LogP contribution in [0, 0.1) is 0 Å². The van der Waals surface area contributed by atoms with Gasteiger partial charge in [-0.3, -0.25) is 9.69 Å². The Kier molecular flexibility index (Phi) is 9.38. The smallest absolute Gasteiger partial charge is 0.313 e. The molecule has 0 saturated heterocycles. The number of ether oxygens (including phenoxy) is 2. The van der Waals surface area contributed by atoms with Crippen molar-refractivity contribution in [1.29, 1.82) is 0 Å². The van der Waals surface area contributed by atoms with Crippen molar-refractivity contribution in [3.05, 3.63) is 113 Å². The van der Waals surface area contributed by atoms with E-state index < -0.39 is 0 Å². The van der Waals surface area contributed by atoms with Crippen LogP contribution in [0.15, 0.2) is 90.5 Å². The molecule has 0 amide bonds. The van der Waals surface area contributed by atoms with Crippen LogP contribution in [0.25, 0.3) is 0 Å². The first-order valence-corrected chi connectivity index (χ1v) is 15.1. The molecule has 210 valence electrons. The summed E-state index contributed by atoms with van der Waals surface area (Å²) in [5, 5.41) is 0. The van der Waals surface area contributed by atoms with Crippen LogP contribution in [-0.4, -0.2) is 42.7 Å². The Bertz CT molecular complexity index is 1260. The van der Waals surface area contributed by atoms with Crippen LogP contribution in [0.3, 0.4) is 0 Å². The van der Waals surface area contributed by atoms with Crippen molar-refractivity contribution in [2.75, 3.05) is 19.7 Å². The van der Waals surface area contributed by atoms with E-state index in [1.165, 1.54) is 22.3 Å². The van der Waals surface area contributed by atoms with Crippen LogP contribution < -0.4 is 4.74 Å². The molecular weight excluding hydrogens is 494 g/mol. The third-order valence-electron chi connectivity index (χ3n) is 8.66. The molecule has 4 atom stereocenters. The number of benzene rings is 3. The van der Waals surface area contributed by atoms with E-state index in [4.69, 9.17) is 9.47 Å². The monoisotopic (exact) mass is 537 g/mol. The minimum atomic E-state index is -0.292. The van der Waals surface area contributed by atoms with Gasteiger partial charge >= 0.3 is 5.97 Å². The molecular formula is C36H43NO3. The molecule has 6 rings (SSSR count). The Morgan fingerprint density at radius 1 is 0.975 bits per heavy atom. The van der Waals surface area contributed by atoms with Gasteiger partial charge in [0.15, 0.2) is 0 Å². The van der Waals surface area contributed by atoms with Gasteiger partial charge in [0.2, 0.25) is 0 Å². The van der Waals surface area contributed by atoms with Gasteiger partial charge in [-0.05, 0) is 73.0 Å². The average molecular weight is 538 g/mol. The molecule has 3 aromatic rings. The van der Waals surface area contributed by atoms with Crippen molar-refractivity contribution in [1.82, 2.24) is 4.90 Å². The number of rotatable bonds is 6. The predicted octanol–water partition coefficient (Wildman–Crippen LogP) is 7.48. The fraction of sp³-hybridized carbons (Fsp3) is 0.417. The summed E-state index contributed by atoms with van der Waals surface area (Å²) in [4.78, 5) is 16.1. The first-order valence-electron chi connectivity index (χ1n) is 15.1. The first kappa shape index (κ1) is 28.2. The van der Waals surface area contributed by atoms with Crippen molar-refractivity contribution in [2.45, 2.75) is 76.9 Å². The van der Waals surface area contributed by atoms with Gasteiger partial charge in [-0.1, -0.05) is 92.7 Å². The lowest BCUT2D eigenvalue weighted by atomic mass is 9.75. The summed E-state index contributed by atoms with van der Waals surface area (Å²) in [6.07, 6.45) is 7.17. The van der Waals surface area contributed by atoms with Crippen LogP contribution in [-0.2, 0) is 22.4 Å². The molecule has 0 fully saturated rings. The fourth-order valence-corrected chi connectivity index (χ4v) is 6.51. The van der Waals surface area contributed by atoms with Gasteiger partial charge in [0.05, 0.1) is 12.5 Å². The maximum atomic E-state index is 13.5. The quantitative estimate of drug-likeness (QED) is 0.241. The van der Waals surface area contributed by atoms with Gasteiger partial charge in [-0.25, -0.2) is 0 Å². The first-order chi connectivity index (χ1) is 19.6. The lowest BCUT2D eigenvalue weighted by Gasteiger charge is -2.42. The lowest BCUT2D eigenvalue weighted by Crippen LogP contribution is -2.47. The van der Waals surface area contributed by atoms with Crippen LogP contribution in [0.4, 0.5) is 0 Å². The Morgan fingerprint density at radius 2 is 1.68 bits per heavy atom. The summed E-state index contributed by atoms with van der Waals surface area (Å²) in [5.41, 5.74) is 6.32. The zero-order valence-corrected chi connectivity index (χ0v) is 24.2. The molecule has 0 radical (unpaired) electrons. The number of hydrogen-bond acceptors (Lipinski definition) is 4. The van der Waals surface area contributed by atoms with Crippen molar-refractivity contribution in [3.8, 4) is 5.75 Å². The molecule has 0 spiro atoms. The van der Waals surface area contributed by atoms with E-state index in [2.05, 4.69) is 37.0 Å². The molecule has 0 bridgehead atoms. The molecule has 0 saturated carbocycles. The van der Waals surface area contributed by atoms with Gasteiger partial charge in [0.1, 0.15) is 11.9 Å². The highest BCUT2D eigenvalue weighted by Crippen LogP contribution is 2.45. The second-order valence-corrected chi connectivity index (χ2v) is 11.1. The summed E-state index contributed by atoms with van der Waals surface area (Å²) in [5.74, 6) is 0.726. The van der Waals surface area contributed by atoms with Crippen LogP contribution >= 0.6 is 0 Å². The maximum Gasteiger partial charge on any atom is 0.313 e. The second kappa shape index (κ2) is 13.3. The third kappa shape index (κ3) is 6.18. The number of fused-ring (bicyclic) bond motifs is 4. The molecule has 3 aromatic carbocycles. The standard InChI is InChI=1S/C30H37NO3.C6H6/c1-4-15-31-16-13-23-18-24-14-17-33-27(24)19-25(23)28-26(31)12-11-21(5-2)29(28)34-30(32)20(3)22-9-7-6-8-10-22;1-2-4-6-5-3-1/h6-11,18-20,26,28-29H,4-5,12-17H2,1-3H3;1-6H. The van der Waals surface area contributed by atoms with Crippen molar-refractivity contribution in [3.63, 3.8) is 0 Å². The molecule has 2 heterocycles. The number of carbonyl (C=O) groups excluding carboxylic acids is 1. The van der Waals surface area contributed by atoms with E-state index in [-0.39, 0.29) is 23.9 Å². The minimum absolute atomic E-state index is 0.130. The minimum Gasteiger partial charge on any atom is -0.493 e. The van der Waals surface area contributed by atoms with E-state index in [0.29, 0.717) is 6.04 Å². The number of carbonyl (C=O) groups is 1. The zero-order valence-electron chi connectivity index (χ0n) is 24.2. The number of esters is 1. The van der Waals surface area contributed by atoms with Crippen LogP contribution in [0.2, 0.25) is 0 Å². The predicted molar refractivity (Wildman–Crippen MR) is 162 cm³/mol. The Labute approximate surface area is 240 Å². The Hall–Kier alpha value is -3.37. The van der Waals surface area contributed by atoms with Crippen LogP contribution in [0.1, 0.15) is 74.1 Å². The highest BCUT2D eigenvalue weighted by atomic mass is 16.5. The van der Waals surface area contributed by atoms with Gasteiger partial charge in [-0.15, -0.1) is 0 Å². The van der Waals surface area contributed by atoms with Gasteiger partial charge in [-0.2, -0.15) is 0 Å². The van der Waals surface area contributed by atoms with E-state index in [1.807, 2.05) is 73.7 Å². The Balaban J connectivity index is 0.000000477. The van der Waals surface area contributed by atoms with Gasteiger partial charge in [0, 0.05) is 24.9 Å². The van der Waals surface area contributed by atoms with Crippen molar-refractivity contribution < 1.29 is 14.3 Å². The summed E-state index contributed by atoms with van der Waals surface area (Å²) >= 11 is 0. The third-order valence-corrected chi connectivity index (χ3v) is 8.66. The lowest BCUT2D eigenvalue weighted by molar-refractivity contribution is -0.151. The van der Waals surface area contributed by atoms with Gasteiger partial charge in [0.25, 0.3) is 0 Å². The molecule has 4 nitrogen and oxygen atoms in total. The number of nitrogens with zero attached hydrogens (tertiary/aromatic N) is 1. The van der Waals surface area contributed by atoms with Crippen LogP contribution in [0.5, 0.6) is 5.75 Å². The molecule has 4 heteroatoms. The molecule has 0 N–H and O–H groups in total. The van der Waals surface area contributed by atoms with E-state index in [0.717, 1.165) is 63.1 Å². The van der Waals surface area contributed by atoms with E-state index in [9.17, 15) is 4.79 Å². The molecule has 40 heavy (non-hydrogen) atoms. The molecule has 4 unspecified atom stereocenters. The SMILES string of the molecule is CCCN1CCc2cc3c(cc2C2C(OC(=O)C(C)c4ccccc4)C(CC)=CCC21)OCC3.c1ccccc1. The molecule has 0 aromatic heterocycles. The molecule has 3 aliphatic rings. The topological polar surface area (TPSA) is 38.8 Å². The van der Waals surface area contributed by atoms with E-state index in [1.54, 1.807) is 0 Å².